The topological polar surface area (TPSA) is 58.1 Å². The fourth-order valence-electron chi connectivity index (χ4n) is 2.34. The van der Waals surface area contributed by atoms with Crippen LogP contribution >= 0.6 is 0 Å². The highest BCUT2D eigenvalue weighted by atomic mass is 16.2. The molecule has 1 fully saturated rings. The summed E-state index contributed by atoms with van der Waals surface area (Å²) in [7, 11) is 0. The van der Waals surface area contributed by atoms with Crippen molar-refractivity contribution in [2.45, 2.75) is 53.5 Å². The average molecular weight is 290 g/mol. The van der Waals surface area contributed by atoms with Crippen molar-refractivity contribution >= 4 is 11.7 Å². The first-order valence-corrected chi connectivity index (χ1v) is 7.64. The molecule has 0 aliphatic carbocycles. The summed E-state index contributed by atoms with van der Waals surface area (Å²) in [5.41, 5.74) is 1.82. The SMILES string of the molecule is Cc1cc(N2CCC(NC(=O)C(C)(C)C)CC2)nnc1C. The molecule has 0 aromatic carbocycles. The summed E-state index contributed by atoms with van der Waals surface area (Å²) in [6.07, 6.45) is 1.91. The minimum Gasteiger partial charge on any atom is -0.355 e. The van der Waals surface area contributed by atoms with Crippen LogP contribution in [0.5, 0.6) is 0 Å². The molecular formula is C16H26N4O. The van der Waals surface area contributed by atoms with E-state index in [-0.39, 0.29) is 17.4 Å². The first-order valence-electron chi connectivity index (χ1n) is 7.64. The molecule has 1 aliphatic heterocycles. The fraction of sp³-hybridized carbons (Fsp3) is 0.688. The number of amides is 1. The molecular weight excluding hydrogens is 264 g/mol. The van der Waals surface area contributed by atoms with E-state index in [1.807, 2.05) is 27.7 Å². The van der Waals surface area contributed by atoms with E-state index in [9.17, 15) is 4.79 Å². The molecule has 1 N–H and O–H groups in total. The van der Waals surface area contributed by atoms with E-state index >= 15 is 0 Å². The highest BCUT2D eigenvalue weighted by Gasteiger charge is 2.27. The Morgan fingerprint density at radius 2 is 1.86 bits per heavy atom. The van der Waals surface area contributed by atoms with E-state index in [0.29, 0.717) is 0 Å². The van der Waals surface area contributed by atoms with Gasteiger partial charge in [-0.3, -0.25) is 4.79 Å². The second kappa shape index (κ2) is 6.00. The van der Waals surface area contributed by atoms with Crippen LogP contribution in [0.25, 0.3) is 0 Å². The molecule has 1 aromatic heterocycles. The maximum atomic E-state index is 12.0. The molecule has 5 nitrogen and oxygen atoms in total. The van der Waals surface area contributed by atoms with Gasteiger partial charge in [0.05, 0.1) is 5.69 Å². The van der Waals surface area contributed by atoms with Crippen molar-refractivity contribution in [1.29, 1.82) is 0 Å². The highest BCUT2D eigenvalue weighted by molar-refractivity contribution is 5.81. The minimum atomic E-state index is -0.323. The molecule has 0 spiro atoms. The lowest BCUT2D eigenvalue weighted by Crippen LogP contribution is -2.48. The van der Waals surface area contributed by atoms with E-state index in [2.05, 4.69) is 33.4 Å². The standard InChI is InChI=1S/C16H26N4O/c1-11-10-14(19-18-12(11)2)20-8-6-13(7-9-20)17-15(21)16(3,4)5/h10,13H,6-9H2,1-5H3,(H,17,21). The van der Waals surface area contributed by atoms with Crippen molar-refractivity contribution in [1.82, 2.24) is 15.5 Å². The van der Waals surface area contributed by atoms with Crippen LogP contribution in [-0.4, -0.2) is 35.2 Å². The van der Waals surface area contributed by atoms with Gasteiger partial charge >= 0.3 is 0 Å². The first kappa shape index (κ1) is 15.7. The van der Waals surface area contributed by atoms with Gasteiger partial charge in [-0.25, -0.2) is 0 Å². The van der Waals surface area contributed by atoms with Gasteiger partial charge in [-0.2, -0.15) is 5.10 Å². The van der Waals surface area contributed by atoms with Crippen LogP contribution < -0.4 is 10.2 Å². The van der Waals surface area contributed by atoms with Crippen molar-refractivity contribution in [3.05, 3.63) is 17.3 Å². The Labute approximate surface area is 127 Å². The molecule has 2 rings (SSSR count). The maximum absolute atomic E-state index is 12.0. The predicted octanol–water partition coefficient (Wildman–Crippen LogP) is 2.22. The lowest BCUT2D eigenvalue weighted by atomic mass is 9.94. The molecule has 0 bridgehead atoms. The third-order valence-electron chi connectivity index (χ3n) is 4.05. The second-order valence-corrected chi connectivity index (χ2v) is 6.96. The van der Waals surface area contributed by atoms with E-state index in [1.165, 1.54) is 5.56 Å². The number of hydrogen-bond donors (Lipinski definition) is 1. The molecule has 21 heavy (non-hydrogen) atoms. The van der Waals surface area contributed by atoms with Gasteiger partial charge in [0.2, 0.25) is 5.91 Å². The number of aromatic nitrogens is 2. The highest BCUT2D eigenvalue weighted by Crippen LogP contribution is 2.20. The van der Waals surface area contributed by atoms with Crippen molar-refractivity contribution in [3.8, 4) is 0 Å². The van der Waals surface area contributed by atoms with Gasteiger partial charge in [0.25, 0.3) is 0 Å². The smallest absolute Gasteiger partial charge is 0.225 e. The van der Waals surface area contributed by atoms with Crippen LogP contribution in [0.3, 0.4) is 0 Å². The Balaban J connectivity index is 1.91. The molecule has 1 amide bonds. The van der Waals surface area contributed by atoms with Crippen molar-refractivity contribution < 1.29 is 4.79 Å². The van der Waals surface area contributed by atoms with Crippen LogP contribution in [0.1, 0.15) is 44.9 Å². The molecule has 1 saturated heterocycles. The summed E-state index contributed by atoms with van der Waals surface area (Å²) in [6.45, 7) is 11.7. The zero-order valence-corrected chi connectivity index (χ0v) is 13.7. The summed E-state index contributed by atoms with van der Waals surface area (Å²) in [4.78, 5) is 14.3. The lowest BCUT2D eigenvalue weighted by Gasteiger charge is -2.34. The Hall–Kier alpha value is -1.65. The molecule has 0 radical (unpaired) electrons. The van der Waals surface area contributed by atoms with Crippen LogP contribution in [0.4, 0.5) is 5.82 Å². The third-order valence-corrected chi connectivity index (χ3v) is 4.05. The molecule has 1 aromatic rings. The quantitative estimate of drug-likeness (QED) is 0.907. The Morgan fingerprint density at radius 1 is 1.24 bits per heavy atom. The monoisotopic (exact) mass is 290 g/mol. The van der Waals surface area contributed by atoms with Gasteiger partial charge in [-0.05, 0) is 38.3 Å². The van der Waals surface area contributed by atoms with Crippen molar-refractivity contribution in [2.24, 2.45) is 5.41 Å². The Morgan fingerprint density at radius 3 is 2.38 bits per heavy atom. The number of nitrogens with zero attached hydrogens (tertiary/aromatic N) is 3. The fourth-order valence-corrected chi connectivity index (χ4v) is 2.34. The number of piperidine rings is 1. The number of carbonyl (C=O) groups is 1. The van der Waals surface area contributed by atoms with Crippen molar-refractivity contribution in [3.63, 3.8) is 0 Å². The molecule has 0 atom stereocenters. The molecule has 5 heteroatoms. The maximum Gasteiger partial charge on any atom is 0.225 e. The van der Waals surface area contributed by atoms with Gasteiger partial charge in [-0.1, -0.05) is 20.8 Å². The van der Waals surface area contributed by atoms with E-state index in [1.54, 1.807) is 0 Å². The molecule has 116 valence electrons. The van der Waals surface area contributed by atoms with E-state index in [0.717, 1.165) is 37.4 Å². The number of anilines is 1. The zero-order valence-electron chi connectivity index (χ0n) is 13.7. The molecule has 0 unspecified atom stereocenters. The number of aryl methyl sites for hydroxylation is 2. The lowest BCUT2D eigenvalue weighted by molar-refractivity contribution is -0.129. The van der Waals surface area contributed by atoms with Gasteiger partial charge in [0.15, 0.2) is 5.82 Å². The van der Waals surface area contributed by atoms with Crippen molar-refractivity contribution in [2.75, 3.05) is 18.0 Å². The van der Waals surface area contributed by atoms with Crippen LogP contribution in [-0.2, 0) is 4.79 Å². The van der Waals surface area contributed by atoms with Gasteiger partial charge in [-0.15, -0.1) is 5.10 Å². The van der Waals surface area contributed by atoms with Crippen LogP contribution in [0.2, 0.25) is 0 Å². The molecule has 1 aliphatic rings. The minimum absolute atomic E-state index is 0.131. The molecule has 2 heterocycles. The van der Waals surface area contributed by atoms with Gasteiger partial charge in [0.1, 0.15) is 0 Å². The number of nitrogens with one attached hydrogen (secondary N) is 1. The summed E-state index contributed by atoms with van der Waals surface area (Å²) in [5, 5.41) is 11.6. The predicted molar refractivity (Wildman–Crippen MR) is 84.3 cm³/mol. The summed E-state index contributed by atoms with van der Waals surface area (Å²) < 4.78 is 0. The van der Waals surface area contributed by atoms with Crippen LogP contribution in [0.15, 0.2) is 6.07 Å². The van der Waals surface area contributed by atoms with E-state index in [4.69, 9.17) is 0 Å². The molecule has 0 saturated carbocycles. The number of rotatable bonds is 2. The third kappa shape index (κ3) is 3.93. The van der Waals surface area contributed by atoms with Crippen LogP contribution in [0, 0.1) is 19.3 Å². The van der Waals surface area contributed by atoms with E-state index < -0.39 is 0 Å². The number of hydrogen-bond acceptors (Lipinski definition) is 4. The summed E-state index contributed by atoms with van der Waals surface area (Å²) in [6, 6.07) is 2.36. The zero-order chi connectivity index (χ0) is 15.6. The summed E-state index contributed by atoms with van der Waals surface area (Å²) >= 11 is 0. The summed E-state index contributed by atoms with van der Waals surface area (Å²) in [5.74, 6) is 1.07. The first-order chi connectivity index (χ1) is 9.77. The average Bonchev–Trinajstić information content (AvgIpc) is 2.42. The second-order valence-electron chi connectivity index (χ2n) is 6.96. The Bertz CT molecular complexity index is 513. The number of carbonyl (C=O) groups excluding carboxylic acids is 1. The Kier molecular flexibility index (Phi) is 4.49. The van der Waals surface area contributed by atoms with Gasteiger partial charge < -0.3 is 10.2 Å². The largest absolute Gasteiger partial charge is 0.355 e. The van der Waals surface area contributed by atoms with Gasteiger partial charge in [0, 0.05) is 24.5 Å². The normalized spacial score (nSPS) is 16.9.